The molecular formula is C13H22N2O2. The van der Waals surface area contributed by atoms with Gasteiger partial charge in [-0.3, -0.25) is 4.68 Å². The van der Waals surface area contributed by atoms with Crippen LogP contribution in [-0.2, 0) is 11.3 Å². The standard InChI is InChI=1S/C13H22N2O2/c1-5-15-7-11(6-14-15)13(16)12-8(2)9(3)17-10(12)4/h6-10,12-13,16H,5H2,1-4H3. The maximum Gasteiger partial charge on any atom is 0.0876 e. The fourth-order valence-corrected chi connectivity index (χ4v) is 2.77. The smallest absolute Gasteiger partial charge is 0.0876 e. The predicted molar refractivity (Wildman–Crippen MR) is 65.5 cm³/mol. The van der Waals surface area contributed by atoms with Crippen molar-refractivity contribution in [2.45, 2.75) is 52.6 Å². The van der Waals surface area contributed by atoms with E-state index in [1.807, 2.05) is 24.7 Å². The molecule has 1 N–H and O–H groups in total. The second-order valence-corrected chi connectivity index (χ2v) is 5.06. The first-order chi connectivity index (χ1) is 8.04. The molecule has 1 saturated heterocycles. The Bertz CT molecular complexity index is 377. The van der Waals surface area contributed by atoms with Gasteiger partial charge in [-0.25, -0.2) is 0 Å². The van der Waals surface area contributed by atoms with E-state index < -0.39 is 6.10 Å². The van der Waals surface area contributed by atoms with Crippen LogP contribution in [0.4, 0.5) is 0 Å². The first kappa shape index (κ1) is 12.6. The molecule has 4 nitrogen and oxygen atoms in total. The van der Waals surface area contributed by atoms with E-state index in [-0.39, 0.29) is 18.1 Å². The van der Waals surface area contributed by atoms with Crippen LogP contribution in [0.15, 0.2) is 12.4 Å². The second-order valence-electron chi connectivity index (χ2n) is 5.06. The van der Waals surface area contributed by atoms with Gasteiger partial charge in [0.05, 0.1) is 24.5 Å². The lowest BCUT2D eigenvalue weighted by Gasteiger charge is -2.23. The summed E-state index contributed by atoms with van der Waals surface area (Å²) in [5.41, 5.74) is 0.897. The molecule has 0 spiro atoms. The minimum Gasteiger partial charge on any atom is -0.388 e. The Morgan fingerprint density at radius 3 is 2.59 bits per heavy atom. The summed E-state index contributed by atoms with van der Waals surface area (Å²) in [6, 6.07) is 0. The van der Waals surface area contributed by atoms with Crippen LogP contribution in [-0.4, -0.2) is 27.1 Å². The number of rotatable bonds is 3. The minimum absolute atomic E-state index is 0.0972. The summed E-state index contributed by atoms with van der Waals surface area (Å²) >= 11 is 0. The lowest BCUT2D eigenvalue weighted by atomic mass is 9.83. The van der Waals surface area contributed by atoms with Gasteiger partial charge in [0.1, 0.15) is 0 Å². The van der Waals surface area contributed by atoms with Crippen molar-refractivity contribution in [1.82, 2.24) is 9.78 Å². The Morgan fingerprint density at radius 1 is 1.41 bits per heavy atom. The normalized spacial score (nSPS) is 35.1. The van der Waals surface area contributed by atoms with Crippen LogP contribution in [0.1, 0.15) is 39.4 Å². The molecule has 96 valence electrons. The zero-order valence-corrected chi connectivity index (χ0v) is 11.0. The number of ether oxygens (including phenoxy) is 1. The van der Waals surface area contributed by atoms with Crippen molar-refractivity contribution >= 4 is 0 Å². The lowest BCUT2D eigenvalue weighted by Crippen LogP contribution is -2.24. The van der Waals surface area contributed by atoms with Crippen LogP contribution in [0, 0.1) is 11.8 Å². The Kier molecular flexibility index (Phi) is 3.54. The van der Waals surface area contributed by atoms with Gasteiger partial charge in [0.15, 0.2) is 0 Å². The molecule has 4 heteroatoms. The van der Waals surface area contributed by atoms with E-state index in [1.165, 1.54) is 0 Å². The van der Waals surface area contributed by atoms with Crippen molar-refractivity contribution in [2.75, 3.05) is 0 Å². The molecule has 0 bridgehead atoms. The summed E-state index contributed by atoms with van der Waals surface area (Å²) < 4.78 is 7.61. The lowest BCUT2D eigenvalue weighted by molar-refractivity contribution is 0.0231. The van der Waals surface area contributed by atoms with Crippen LogP contribution in [0.25, 0.3) is 0 Å². The molecule has 2 heterocycles. The van der Waals surface area contributed by atoms with Gasteiger partial charge in [-0.15, -0.1) is 0 Å². The largest absolute Gasteiger partial charge is 0.388 e. The van der Waals surface area contributed by atoms with E-state index in [4.69, 9.17) is 4.74 Å². The summed E-state index contributed by atoms with van der Waals surface area (Å²) in [7, 11) is 0. The van der Waals surface area contributed by atoms with Crippen molar-refractivity contribution in [2.24, 2.45) is 11.8 Å². The number of aryl methyl sites for hydroxylation is 1. The highest BCUT2D eigenvalue weighted by Gasteiger charge is 2.41. The van der Waals surface area contributed by atoms with E-state index in [1.54, 1.807) is 6.20 Å². The molecule has 0 aliphatic carbocycles. The molecule has 1 fully saturated rings. The van der Waals surface area contributed by atoms with E-state index >= 15 is 0 Å². The van der Waals surface area contributed by atoms with Crippen molar-refractivity contribution in [1.29, 1.82) is 0 Å². The van der Waals surface area contributed by atoms with Crippen molar-refractivity contribution in [3.05, 3.63) is 18.0 Å². The third-order valence-electron chi connectivity index (χ3n) is 4.00. The zero-order valence-electron chi connectivity index (χ0n) is 11.0. The Labute approximate surface area is 103 Å². The maximum atomic E-state index is 10.5. The molecule has 2 rings (SSSR count). The number of aliphatic hydroxyl groups is 1. The molecule has 1 aromatic rings. The van der Waals surface area contributed by atoms with Gasteiger partial charge < -0.3 is 9.84 Å². The molecule has 5 unspecified atom stereocenters. The molecule has 5 atom stereocenters. The summed E-state index contributed by atoms with van der Waals surface area (Å²) in [5.74, 6) is 0.518. The average Bonchev–Trinajstić information content (AvgIpc) is 2.85. The molecule has 1 aliphatic rings. The monoisotopic (exact) mass is 238 g/mol. The third-order valence-corrected chi connectivity index (χ3v) is 4.00. The Balaban J connectivity index is 2.16. The molecule has 0 amide bonds. The molecule has 1 aromatic heterocycles. The van der Waals surface area contributed by atoms with Crippen molar-refractivity contribution < 1.29 is 9.84 Å². The Hall–Kier alpha value is -0.870. The third kappa shape index (κ3) is 2.24. The maximum absolute atomic E-state index is 10.5. The minimum atomic E-state index is -0.481. The van der Waals surface area contributed by atoms with Gasteiger partial charge in [-0.05, 0) is 26.7 Å². The molecule has 1 aliphatic heterocycles. The van der Waals surface area contributed by atoms with E-state index in [0.717, 1.165) is 12.1 Å². The summed E-state index contributed by atoms with van der Waals surface area (Å²) in [6.45, 7) is 9.12. The zero-order chi connectivity index (χ0) is 12.6. The van der Waals surface area contributed by atoms with Gasteiger partial charge in [-0.1, -0.05) is 6.92 Å². The van der Waals surface area contributed by atoms with Crippen LogP contribution >= 0.6 is 0 Å². The number of nitrogens with zero attached hydrogens (tertiary/aromatic N) is 2. The Morgan fingerprint density at radius 2 is 2.12 bits per heavy atom. The number of hydrogen-bond acceptors (Lipinski definition) is 3. The van der Waals surface area contributed by atoms with Gasteiger partial charge in [0.2, 0.25) is 0 Å². The van der Waals surface area contributed by atoms with E-state index in [0.29, 0.717) is 5.92 Å². The average molecular weight is 238 g/mol. The van der Waals surface area contributed by atoms with Gasteiger partial charge in [0, 0.05) is 24.2 Å². The van der Waals surface area contributed by atoms with Gasteiger partial charge in [-0.2, -0.15) is 5.10 Å². The summed E-state index contributed by atoms with van der Waals surface area (Å²) in [6.07, 6.45) is 3.51. The highest BCUT2D eigenvalue weighted by atomic mass is 16.5. The number of aromatic nitrogens is 2. The predicted octanol–water partition coefficient (Wildman–Crippen LogP) is 2.00. The summed E-state index contributed by atoms with van der Waals surface area (Å²) in [4.78, 5) is 0. The molecule has 17 heavy (non-hydrogen) atoms. The van der Waals surface area contributed by atoms with Crippen LogP contribution in [0.3, 0.4) is 0 Å². The van der Waals surface area contributed by atoms with E-state index in [9.17, 15) is 5.11 Å². The first-order valence-electron chi connectivity index (χ1n) is 6.40. The van der Waals surface area contributed by atoms with Crippen LogP contribution in [0.2, 0.25) is 0 Å². The first-order valence-corrected chi connectivity index (χ1v) is 6.40. The molecule has 0 saturated carbocycles. The quantitative estimate of drug-likeness (QED) is 0.876. The van der Waals surface area contributed by atoms with Crippen molar-refractivity contribution in [3.8, 4) is 0 Å². The van der Waals surface area contributed by atoms with Crippen LogP contribution < -0.4 is 0 Å². The molecular weight excluding hydrogens is 216 g/mol. The highest BCUT2D eigenvalue weighted by Crippen LogP contribution is 2.40. The highest BCUT2D eigenvalue weighted by molar-refractivity contribution is 5.11. The number of aliphatic hydroxyl groups excluding tert-OH is 1. The van der Waals surface area contributed by atoms with Gasteiger partial charge >= 0.3 is 0 Å². The molecule has 0 radical (unpaired) electrons. The fourth-order valence-electron chi connectivity index (χ4n) is 2.77. The van der Waals surface area contributed by atoms with Crippen LogP contribution in [0.5, 0.6) is 0 Å². The topological polar surface area (TPSA) is 47.3 Å². The molecule has 0 aromatic carbocycles. The van der Waals surface area contributed by atoms with Crippen molar-refractivity contribution in [3.63, 3.8) is 0 Å². The fraction of sp³-hybridized carbons (Fsp3) is 0.769. The second kappa shape index (κ2) is 4.78. The summed E-state index contributed by atoms with van der Waals surface area (Å²) in [5, 5.41) is 14.7. The van der Waals surface area contributed by atoms with Gasteiger partial charge in [0.25, 0.3) is 0 Å². The number of hydrogen-bond donors (Lipinski definition) is 1. The SMILES string of the molecule is CCn1cc(C(O)C2C(C)OC(C)C2C)cn1. The van der Waals surface area contributed by atoms with E-state index in [2.05, 4.69) is 18.9 Å².